The molecule has 1 N–H and O–H groups in total. The summed E-state index contributed by atoms with van der Waals surface area (Å²) < 4.78 is 6.25. The predicted molar refractivity (Wildman–Crippen MR) is 84.2 cm³/mol. The summed E-state index contributed by atoms with van der Waals surface area (Å²) in [4.78, 5) is 0. The lowest BCUT2D eigenvalue weighted by Gasteiger charge is -2.12. The minimum atomic E-state index is 0.696. The van der Waals surface area contributed by atoms with E-state index in [0.717, 1.165) is 21.5 Å². The quantitative estimate of drug-likeness (QED) is 0.842. The van der Waals surface area contributed by atoms with Crippen LogP contribution in [0.2, 0.25) is 5.02 Å². The molecule has 0 atom stereocenters. The van der Waals surface area contributed by atoms with E-state index < -0.39 is 0 Å². The highest BCUT2D eigenvalue weighted by molar-refractivity contribution is 9.10. The minimum Gasteiger partial charge on any atom is -0.496 e. The summed E-state index contributed by atoms with van der Waals surface area (Å²) in [5.41, 5.74) is 3.32. The number of nitrogens with one attached hydrogen (secondary N) is 1. The van der Waals surface area contributed by atoms with Crippen molar-refractivity contribution in [3.8, 4) is 5.75 Å². The van der Waals surface area contributed by atoms with Gasteiger partial charge in [-0.05, 0) is 47.1 Å². The third-order valence-electron chi connectivity index (χ3n) is 2.84. The van der Waals surface area contributed by atoms with Gasteiger partial charge in [0.15, 0.2) is 0 Å². The number of rotatable bonds is 4. The van der Waals surface area contributed by atoms with Gasteiger partial charge in [-0.25, -0.2) is 0 Å². The maximum Gasteiger partial charge on any atom is 0.123 e. The van der Waals surface area contributed by atoms with Gasteiger partial charge < -0.3 is 10.1 Å². The van der Waals surface area contributed by atoms with Crippen molar-refractivity contribution in [1.29, 1.82) is 0 Å². The maximum absolute atomic E-state index is 6.07. The highest BCUT2D eigenvalue weighted by Gasteiger charge is 2.04. The van der Waals surface area contributed by atoms with E-state index in [1.54, 1.807) is 7.11 Å². The first-order valence-corrected chi connectivity index (χ1v) is 7.09. The Morgan fingerprint density at radius 2 is 2.00 bits per heavy atom. The van der Waals surface area contributed by atoms with E-state index in [2.05, 4.69) is 34.2 Å². The van der Waals surface area contributed by atoms with Crippen molar-refractivity contribution in [3.05, 3.63) is 57.0 Å². The molecule has 19 heavy (non-hydrogen) atoms. The molecule has 0 heterocycles. The Hall–Kier alpha value is -1.19. The minimum absolute atomic E-state index is 0.696. The highest BCUT2D eigenvalue weighted by Crippen LogP contribution is 2.26. The molecule has 0 unspecified atom stereocenters. The fourth-order valence-electron chi connectivity index (χ4n) is 1.85. The zero-order chi connectivity index (χ0) is 13.8. The van der Waals surface area contributed by atoms with Crippen LogP contribution in [-0.4, -0.2) is 7.11 Å². The molecular formula is C15H15BrClNO. The van der Waals surface area contributed by atoms with Crippen molar-refractivity contribution >= 4 is 33.2 Å². The molecule has 0 aliphatic rings. The summed E-state index contributed by atoms with van der Waals surface area (Å²) in [6.45, 7) is 2.77. The summed E-state index contributed by atoms with van der Waals surface area (Å²) in [5.74, 6) is 0.890. The predicted octanol–water partition coefficient (Wildman–Crippen LogP) is 5.03. The van der Waals surface area contributed by atoms with Crippen molar-refractivity contribution in [2.75, 3.05) is 12.4 Å². The van der Waals surface area contributed by atoms with Crippen LogP contribution in [0, 0.1) is 6.92 Å². The molecule has 0 aliphatic carbocycles. The molecule has 2 aromatic rings. The lowest BCUT2D eigenvalue weighted by molar-refractivity contribution is 0.410. The molecule has 100 valence electrons. The average molecular weight is 341 g/mol. The fraction of sp³-hybridized carbons (Fsp3) is 0.200. The highest BCUT2D eigenvalue weighted by atomic mass is 79.9. The summed E-state index contributed by atoms with van der Waals surface area (Å²) in [7, 11) is 1.69. The number of aryl methyl sites for hydroxylation is 1. The smallest absolute Gasteiger partial charge is 0.123 e. The normalized spacial score (nSPS) is 10.3. The van der Waals surface area contributed by atoms with Crippen LogP contribution in [-0.2, 0) is 6.54 Å². The van der Waals surface area contributed by atoms with Crippen LogP contribution in [0.25, 0.3) is 0 Å². The lowest BCUT2D eigenvalue weighted by atomic mass is 10.1. The van der Waals surface area contributed by atoms with E-state index in [1.807, 2.05) is 30.3 Å². The van der Waals surface area contributed by atoms with E-state index in [0.29, 0.717) is 11.6 Å². The zero-order valence-corrected chi connectivity index (χ0v) is 13.2. The Kier molecular flexibility index (Phi) is 4.72. The van der Waals surface area contributed by atoms with Gasteiger partial charge in [0.25, 0.3) is 0 Å². The summed E-state index contributed by atoms with van der Waals surface area (Å²) in [6, 6.07) is 12.0. The van der Waals surface area contributed by atoms with Crippen molar-refractivity contribution in [1.82, 2.24) is 0 Å². The van der Waals surface area contributed by atoms with Gasteiger partial charge in [-0.3, -0.25) is 0 Å². The van der Waals surface area contributed by atoms with E-state index in [1.165, 1.54) is 5.56 Å². The van der Waals surface area contributed by atoms with Gasteiger partial charge >= 0.3 is 0 Å². The van der Waals surface area contributed by atoms with Crippen LogP contribution in [0.15, 0.2) is 40.9 Å². The molecule has 2 rings (SSSR count). The molecule has 0 amide bonds. The van der Waals surface area contributed by atoms with Gasteiger partial charge in [-0.1, -0.05) is 29.3 Å². The number of halogens is 2. The summed E-state index contributed by atoms with van der Waals surface area (Å²) >= 11 is 9.45. The first-order chi connectivity index (χ1) is 9.10. The molecule has 0 spiro atoms. The number of hydrogen-bond acceptors (Lipinski definition) is 2. The fourth-order valence-corrected chi connectivity index (χ4v) is 2.28. The van der Waals surface area contributed by atoms with E-state index in [4.69, 9.17) is 16.3 Å². The molecule has 0 aromatic heterocycles. The third kappa shape index (κ3) is 3.64. The van der Waals surface area contributed by atoms with E-state index in [9.17, 15) is 0 Å². The monoisotopic (exact) mass is 339 g/mol. The molecule has 0 saturated carbocycles. The molecule has 0 aliphatic heterocycles. The van der Waals surface area contributed by atoms with E-state index in [-0.39, 0.29) is 0 Å². The SMILES string of the molecule is COc1ccc(C)cc1CNc1ccc(Br)c(Cl)c1. The molecule has 2 aromatic carbocycles. The lowest BCUT2D eigenvalue weighted by Crippen LogP contribution is -2.02. The van der Waals surface area contributed by atoms with Crippen LogP contribution in [0.1, 0.15) is 11.1 Å². The second-order valence-electron chi connectivity index (χ2n) is 4.30. The Balaban J connectivity index is 2.13. The second kappa shape index (κ2) is 6.31. The van der Waals surface area contributed by atoms with Crippen molar-refractivity contribution in [2.24, 2.45) is 0 Å². The van der Waals surface area contributed by atoms with Crippen molar-refractivity contribution in [3.63, 3.8) is 0 Å². The number of anilines is 1. The molecule has 0 fully saturated rings. The molecule has 0 saturated heterocycles. The Bertz CT molecular complexity index is 586. The number of benzene rings is 2. The summed E-state index contributed by atoms with van der Waals surface area (Å²) in [5, 5.41) is 4.04. The number of ether oxygens (including phenoxy) is 1. The van der Waals surface area contributed by atoms with Crippen LogP contribution < -0.4 is 10.1 Å². The average Bonchev–Trinajstić information content (AvgIpc) is 2.40. The largest absolute Gasteiger partial charge is 0.496 e. The molecule has 0 radical (unpaired) electrons. The van der Waals surface area contributed by atoms with Gasteiger partial charge in [-0.15, -0.1) is 0 Å². The van der Waals surface area contributed by atoms with Gasteiger partial charge in [-0.2, -0.15) is 0 Å². The first kappa shape index (κ1) is 14.2. The zero-order valence-electron chi connectivity index (χ0n) is 10.8. The van der Waals surface area contributed by atoms with Crippen molar-refractivity contribution in [2.45, 2.75) is 13.5 Å². The summed E-state index contributed by atoms with van der Waals surface area (Å²) in [6.07, 6.45) is 0. The maximum atomic E-state index is 6.07. The topological polar surface area (TPSA) is 21.3 Å². The standard InChI is InChI=1S/C15H15BrClNO/c1-10-3-6-15(19-2)11(7-10)9-18-12-4-5-13(16)14(17)8-12/h3-8,18H,9H2,1-2H3. The van der Waals surface area contributed by atoms with Crippen molar-refractivity contribution < 1.29 is 4.74 Å². The first-order valence-electron chi connectivity index (χ1n) is 5.92. The van der Waals surface area contributed by atoms with Crippen LogP contribution >= 0.6 is 27.5 Å². The van der Waals surface area contributed by atoms with Gasteiger partial charge in [0.2, 0.25) is 0 Å². The van der Waals surface area contributed by atoms with Gasteiger partial charge in [0.05, 0.1) is 12.1 Å². The van der Waals surface area contributed by atoms with Crippen LogP contribution in [0.3, 0.4) is 0 Å². The Morgan fingerprint density at radius 3 is 2.68 bits per heavy atom. The third-order valence-corrected chi connectivity index (χ3v) is 4.07. The number of methoxy groups -OCH3 is 1. The van der Waals surface area contributed by atoms with Gasteiger partial charge in [0.1, 0.15) is 5.75 Å². The van der Waals surface area contributed by atoms with E-state index >= 15 is 0 Å². The molecular weight excluding hydrogens is 326 g/mol. The number of hydrogen-bond donors (Lipinski definition) is 1. The Labute approximate surface area is 126 Å². The molecule has 0 bridgehead atoms. The van der Waals surface area contributed by atoms with Crippen LogP contribution in [0.4, 0.5) is 5.69 Å². The Morgan fingerprint density at radius 1 is 1.21 bits per heavy atom. The molecule has 2 nitrogen and oxygen atoms in total. The molecule has 4 heteroatoms. The second-order valence-corrected chi connectivity index (χ2v) is 5.56. The van der Waals surface area contributed by atoms with Crippen LogP contribution in [0.5, 0.6) is 5.75 Å². The van der Waals surface area contributed by atoms with Gasteiger partial charge in [0, 0.05) is 22.3 Å².